The molecule has 1 fully saturated rings. The second-order valence-electron chi connectivity index (χ2n) is 5.62. The van der Waals surface area contributed by atoms with Gasteiger partial charge in [0, 0.05) is 32.0 Å². The van der Waals surface area contributed by atoms with E-state index in [4.69, 9.17) is 11.6 Å². The Kier molecular flexibility index (Phi) is 4.43. The van der Waals surface area contributed by atoms with Crippen molar-refractivity contribution in [2.75, 3.05) is 13.1 Å². The summed E-state index contributed by atoms with van der Waals surface area (Å²) in [5.74, 6) is -0.00592. The lowest BCUT2D eigenvalue weighted by Crippen LogP contribution is -2.39. The summed E-state index contributed by atoms with van der Waals surface area (Å²) < 4.78 is 15.1. The molecule has 2 aromatic rings. The number of carbonyl (C=O) groups is 1. The van der Waals surface area contributed by atoms with Crippen LogP contribution in [-0.2, 0) is 6.54 Å². The third kappa shape index (κ3) is 3.30. The van der Waals surface area contributed by atoms with E-state index in [9.17, 15) is 9.18 Å². The van der Waals surface area contributed by atoms with E-state index in [1.54, 1.807) is 11.1 Å². The number of likely N-dealkylation sites (tertiary alicyclic amines) is 1. The number of benzene rings is 1. The number of halogens is 2. The van der Waals surface area contributed by atoms with Crippen molar-refractivity contribution in [2.45, 2.75) is 19.4 Å². The van der Waals surface area contributed by atoms with Gasteiger partial charge in [-0.3, -0.25) is 4.79 Å². The molecule has 6 heteroatoms. The third-order valence-electron chi connectivity index (χ3n) is 4.09. The first-order valence-corrected chi connectivity index (χ1v) is 7.71. The van der Waals surface area contributed by atoms with E-state index >= 15 is 0 Å². The molecule has 0 spiro atoms. The molecule has 0 radical (unpaired) electrons. The van der Waals surface area contributed by atoms with Crippen LogP contribution in [0.3, 0.4) is 0 Å². The SMILES string of the molecule is O=C(c1ccc(F)cc1Cl)N1CCC(Cn2ccnc2)CC1. The lowest BCUT2D eigenvalue weighted by molar-refractivity contribution is 0.0683. The van der Waals surface area contributed by atoms with E-state index < -0.39 is 5.82 Å². The Hall–Kier alpha value is -1.88. The minimum atomic E-state index is -0.430. The summed E-state index contributed by atoms with van der Waals surface area (Å²) in [6, 6.07) is 3.91. The fourth-order valence-electron chi connectivity index (χ4n) is 2.84. The number of nitrogens with zero attached hydrogens (tertiary/aromatic N) is 3. The van der Waals surface area contributed by atoms with E-state index in [0.29, 0.717) is 24.6 Å². The molecule has 0 N–H and O–H groups in total. The molecule has 0 aliphatic carbocycles. The molecule has 116 valence electrons. The van der Waals surface area contributed by atoms with Crippen LogP contribution >= 0.6 is 11.6 Å². The Morgan fingerprint density at radius 3 is 2.77 bits per heavy atom. The largest absolute Gasteiger partial charge is 0.339 e. The smallest absolute Gasteiger partial charge is 0.255 e. The molecule has 0 atom stereocenters. The van der Waals surface area contributed by atoms with Gasteiger partial charge >= 0.3 is 0 Å². The number of hydrogen-bond acceptors (Lipinski definition) is 2. The highest BCUT2D eigenvalue weighted by atomic mass is 35.5. The van der Waals surface area contributed by atoms with Crippen molar-refractivity contribution in [2.24, 2.45) is 5.92 Å². The summed E-state index contributed by atoms with van der Waals surface area (Å²) >= 11 is 5.97. The number of hydrogen-bond donors (Lipinski definition) is 0. The first-order valence-electron chi connectivity index (χ1n) is 7.33. The van der Waals surface area contributed by atoms with Gasteiger partial charge in [0.15, 0.2) is 0 Å². The molecule has 2 heterocycles. The van der Waals surface area contributed by atoms with Gasteiger partial charge in [-0.2, -0.15) is 0 Å². The first-order chi connectivity index (χ1) is 10.6. The van der Waals surface area contributed by atoms with Gasteiger partial charge in [-0.05, 0) is 37.0 Å². The summed E-state index contributed by atoms with van der Waals surface area (Å²) in [7, 11) is 0. The van der Waals surface area contributed by atoms with Crippen LogP contribution in [-0.4, -0.2) is 33.4 Å². The van der Waals surface area contributed by atoms with Gasteiger partial charge < -0.3 is 9.47 Å². The van der Waals surface area contributed by atoms with Crippen LogP contribution in [0.5, 0.6) is 0 Å². The highest BCUT2D eigenvalue weighted by Gasteiger charge is 2.25. The fraction of sp³-hybridized carbons (Fsp3) is 0.375. The summed E-state index contributed by atoms with van der Waals surface area (Å²) in [5, 5.41) is 0.172. The van der Waals surface area contributed by atoms with E-state index in [1.807, 2.05) is 12.5 Å². The Bertz CT molecular complexity index is 651. The molecule has 22 heavy (non-hydrogen) atoms. The molecule has 1 saturated heterocycles. The van der Waals surface area contributed by atoms with E-state index in [2.05, 4.69) is 9.55 Å². The molecule has 1 aromatic carbocycles. The van der Waals surface area contributed by atoms with Crippen molar-refractivity contribution < 1.29 is 9.18 Å². The number of aromatic nitrogens is 2. The lowest BCUT2D eigenvalue weighted by Gasteiger charge is -2.32. The minimum Gasteiger partial charge on any atom is -0.339 e. The molecule has 3 rings (SSSR count). The summed E-state index contributed by atoms with van der Waals surface area (Å²) in [4.78, 5) is 18.3. The molecule has 1 aliphatic heterocycles. The average molecular weight is 322 g/mol. The number of rotatable bonds is 3. The van der Waals surface area contributed by atoms with Gasteiger partial charge in [0.05, 0.1) is 16.9 Å². The van der Waals surface area contributed by atoms with Crippen molar-refractivity contribution in [3.05, 3.63) is 53.3 Å². The van der Waals surface area contributed by atoms with E-state index in [0.717, 1.165) is 19.4 Å². The third-order valence-corrected chi connectivity index (χ3v) is 4.40. The van der Waals surface area contributed by atoms with Gasteiger partial charge in [0.25, 0.3) is 5.91 Å². The Morgan fingerprint density at radius 2 is 2.14 bits per heavy atom. The number of amides is 1. The Morgan fingerprint density at radius 1 is 1.36 bits per heavy atom. The topological polar surface area (TPSA) is 38.1 Å². The number of piperidine rings is 1. The van der Waals surface area contributed by atoms with Crippen LogP contribution in [0.25, 0.3) is 0 Å². The zero-order valence-corrected chi connectivity index (χ0v) is 12.8. The predicted molar refractivity (Wildman–Crippen MR) is 82.3 cm³/mol. The van der Waals surface area contributed by atoms with Crippen LogP contribution in [0.2, 0.25) is 5.02 Å². The van der Waals surface area contributed by atoms with E-state index in [1.165, 1.54) is 18.2 Å². The number of imidazole rings is 1. The van der Waals surface area contributed by atoms with Gasteiger partial charge in [-0.1, -0.05) is 11.6 Å². The van der Waals surface area contributed by atoms with Crippen molar-refractivity contribution in [3.63, 3.8) is 0 Å². The maximum atomic E-state index is 13.1. The molecule has 1 amide bonds. The maximum Gasteiger partial charge on any atom is 0.255 e. The van der Waals surface area contributed by atoms with Crippen LogP contribution < -0.4 is 0 Å². The van der Waals surface area contributed by atoms with Gasteiger partial charge in [-0.15, -0.1) is 0 Å². The molecule has 1 aliphatic rings. The van der Waals surface area contributed by atoms with Gasteiger partial charge in [0.1, 0.15) is 5.82 Å². The maximum absolute atomic E-state index is 13.1. The molecule has 0 saturated carbocycles. The lowest BCUT2D eigenvalue weighted by atomic mass is 9.96. The van der Waals surface area contributed by atoms with Crippen LogP contribution in [0.4, 0.5) is 4.39 Å². The zero-order chi connectivity index (χ0) is 15.5. The summed E-state index contributed by atoms with van der Waals surface area (Å²) in [6.07, 6.45) is 7.44. The van der Waals surface area contributed by atoms with Crippen molar-refractivity contribution in [1.29, 1.82) is 0 Å². The predicted octanol–water partition coefficient (Wildman–Crippen LogP) is 3.23. The van der Waals surface area contributed by atoms with Crippen LogP contribution in [0, 0.1) is 11.7 Å². The first kappa shape index (κ1) is 15.0. The second-order valence-corrected chi connectivity index (χ2v) is 6.03. The molecular formula is C16H17ClFN3O. The minimum absolute atomic E-state index is 0.119. The average Bonchev–Trinajstić information content (AvgIpc) is 3.00. The van der Waals surface area contributed by atoms with Crippen molar-refractivity contribution in [1.82, 2.24) is 14.5 Å². The molecule has 4 nitrogen and oxygen atoms in total. The summed E-state index contributed by atoms with van der Waals surface area (Å²) in [6.45, 7) is 2.33. The molecular weight excluding hydrogens is 305 g/mol. The monoisotopic (exact) mass is 321 g/mol. The quantitative estimate of drug-likeness (QED) is 0.870. The van der Waals surface area contributed by atoms with Crippen LogP contribution in [0.15, 0.2) is 36.9 Å². The standard InChI is InChI=1S/C16H17ClFN3O/c17-15-9-13(18)1-2-14(15)16(22)21-6-3-12(4-7-21)10-20-8-5-19-11-20/h1-2,5,8-9,11-12H,3-4,6-7,10H2. The normalized spacial score (nSPS) is 16.0. The Labute approximate surface area is 133 Å². The van der Waals surface area contributed by atoms with Gasteiger partial charge in [-0.25, -0.2) is 9.37 Å². The van der Waals surface area contributed by atoms with Crippen LogP contribution in [0.1, 0.15) is 23.2 Å². The highest BCUT2D eigenvalue weighted by Crippen LogP contribution is 2.24. The second kappa shape index (κ2) is 6.48. The Balaban J connectivity index is 1.60. The molecule has 0 bridgehead atoms. The molecule has 1 aromatic heterocycles. The zero-order valence-electron chi connectivity index (χ0n) is 12.1. The highest BCUT2D eigenvalue weighted by molar-refractivity contribution is 6.33. The van der Waals surface area contributed by atoms with Crippen molar-refractivity contribution in [3.8, 4) is 0 Å². The van der Waals surface area contributed by atoms with Crippen molar-refractivity contribution >= 4 is 17.5 Å². The van der Waals surface area contributed by atoms with E-state index in [-0.39, 0.29) is 10.9 Å². The summed E-state index contributed by atoms with van der Waals surface area (Å²) in [5.41, 5.74) is 0.371. The molecule has 0 unspecified atom stereocenters. The van der Waals surface area contributed by atoms with Gasteiger partial charge in [0.2, 0.25) is 0 Å². The number of carbonyl (C=O) groups excluding carboxylic acids is 1. The fourth-order valence-corrected chi connectivity index (χ4v) is 3.09.